The molecule has 0 radical (unpaired) electrons. The van der Waals surface area contributed by atoms with E-state index in [2.05, 4.69) is 15.3 Å². The molecule has 1 amide bonds. The summed E-state index contributed by atoms with van der Waals surface area (Å²) in [6.07, 6.45) is 8.24. The number of rotatable bonds is 9. The molecule has 0 fully saturated rings. The van der Waals surface area contributed by atoms with E-state index in [4.69, 9.17) is 0 Å². The Balaban J connectivity index is 1.93. The highest BCUT2D eigenvalue weighted by Gasteiger charge is 2.31. The van der Waals surface area contributed by atoms with Crippen molar-refractivity contribution >= 4 is 6.09 Å². The van der Waals surface area contributed by atoms with Crippen LogP contribution in [0.25, 0.3) is 0 Å². The van der Waals surface area contributed by atoms with Crippen LogP contribution in [0.3, 0.4) is 0 Å². The van der Waals surface area contributed by atoms with Crippen molar-refractivity contribution in [2.45, 2.75) is 51.0 Å². The topological polar surface area (TPSA) is 78.0 Å². The van der Waals surface area contributed by atoms with Crippen LogP contribution in [-0.2, 0) is 12.0 Å². The number of unbranched alkanes of at least 4 members (excludes halogenated alkanes) is 2. The molecule has 23 heavy (non-hydrogen) atoms. The minimum Gasteiger partial charge on any atom is -0.465 e. The van der Waals surface area contributed by atoms with E-state index < -0.39 is 11.6 Å². The molecule has 0 aliphatic carbocycles. The van der Waals surface area contributed by atoms with Gasteiger partial charge in [-0.05, 0) is 31.2 Å². The molecule has 0 aliphatic rings. The minimum atomic E-state index is -0.965. The Labute approximate surface area is 137 Å². The number of amides is 1. The van der Waals surface area contributed by atoms with Crippen LogP contribution in [-0.4, -0.2) is 21.2 Å². The molecule has 0 saturated carbocycles. The second kappa shape index (κ2) is 8.36. The van der Waals surface area contributed by atoms with Crippen molar-refractivity contribution < 1.29 is 9.90 Å². The maximum absolute atomic E-state index is 11.3. The van der Waals surface area contributed by atoms with Gasteiger partial charge in [-0.2, -0.15) is 0 Å². The monoisotopic (exact) mass is 315 g/mol. The summed E-state index contributed by atoms with van der Waals surface area (Å²) < 4.78 is 0. The normalized spacial score (nSPS) is 13.4. The lowest BCUT2D eigenvalue weighted by atomic mass is 9.82. The molecule has 0 spiro atoms. The SMILES string of the molecule is CCC(CCCCCc1cnc[nH]1)(NC(=O)O)c1ccccc1. The van der Waals surface area contributed by atoms with Crippen LogP contribution < -0.4 is 5.32 Å². The van der Waals surface area contributed by atoms with E-state index in [9.17, 15) is 9.90 Å². The third-order valence-electron chi connectivity index (χ3n) is 4.38. The fourth-order valence-electron chi connectivity index (χ4n) is 3.05. The zero-order valence-electron chi connectivity index (χ0n) is 13.6. The molecule has 0 bridgehead atoms. The lowest BCUT2D eigenvalue weighted by molar-refractivity contribution is 0.171. The van der Waals surface area contributed by atoms with Crippen LogP contribution in [0.5, 0.6) is 0 Å². The molecule has 1 heterocycles. The van der Waals surface area contributed by atoms with Crippen LogP contribution in [0.2, 0.25) is 0 Å². The number of aromatic amines is 1. The van der Waals surface area contributed by atoms with E-state index in [1.807, 2.05) is 43.5 Å². The first-order valence-electron chi connectivity index (χ1n) is 8.20. The summed E-state index contributed by atoms with van der Waals surface area (Å²) in [6.45, 7) is 2.04. The van der Waals surface area contributed by atoms with Gasteiger partial charge in [0, 0.05) is 11.9 Å². The molecule has 124 valence electrons. The number of hydrogen-bond donors (Lipinski definition) is 3. The molecule has 1 unspecified atom stereocenters. The molecule has 2 rings (SSSR count). The van der Waals surface area contributed by atoms with Gasteiger partial charge < -0.3 is 15.4 Å². The Morgan fingerprint density at radius 2 is 2.04 bits per heavy atom. The highest BCUT2D eigenvalue weighted by Crippen LogP contribution is 2.31. The third kappa shape index (κ3) is 4.84. The quantitative estimate of drug-likeness (QED) is 0.610. The van der Waals surface area contributed by atoms with E-state index in [1.165, 1.54) is 0 Å². The summed E-state index contributed by atoms with van der Waals surface area (Å²) in [5.41, 5.74) is 1.69. The maximum atomic E-state index is 11.3. The lowest BCUT2D eigenvalue weighted by Crippen LogP contribution is -2.44. The van der Waals surface area contributed by atoms with Gasteiger partial charge in [-0.15, -0.1) is 0 Å². The van der Waals surface area contributed by atoms with Gasteiger partial charge in [-0.3, -0.25) is 0 Å². The molecular formula is C18H25N3O2. The Kier molecular flexibility index (Phi) is 6.20. The highest BCUT2D eigenvalue weighted by molar-refractivity contribution is 5.66. The van der Waals surface area contributed by atoms with Crippen molar-refractivity contribution in [1.82, 2.24) is 15.3 Å². The molecule has 0 aliphatic heterocycles. The van der Waals surface area contributed by atoms with E-state index in [0.29, 0.717) is 0 Å². The molecule has 5 nitrogen and oxygen atoms in total. The zero-order chi connectivity index (χ0) is 16.5. The van der Waals surface area contributed by atoms with Gasteiger partial charge >= 0.3 is 6.09 Å². The first-order chi connectivity index (χ1) is 11.2. The van der Waals surface area contributed by atoms with Crippen LogP contribution in [0.1, 0.15) is 50.3 Å². The van der Waals surface area contributed by atoms with Crippen molar-refractivity contribution in [3.63, 3.8) is 0 Å². The number of imidazole rings is 1. The first-order valence-corrected chi connectivity index (χ1v) is 8.20. The van der Waals surface area contributed by atoms with Crippen LogP contribution >= 0.6 is 0 Å². The summed E-state index contributed by atoms with van der Waals surface area (Å²) in [4.78, 5) is 18.4. The third-order valence-corrected chi connectivity index (χ3v) is 4.38. The number of benzene rings is 1. The van der Waals surface area contributed by atoms with Gasteiger partial charge in [0.05, 0.1) is 11.9 Å². The second-order valence-corrected chi connectivity index (χ2v) is 5.87. The smallest absolute Gasteiger partial charge is 0.405 e. The van der Waals surface area contributed by atoms with E-state index in [0.717, 1.165) is 49.8 Å². The van der Waals surface area contributed by atoms with Gasteiger partial charge in [0.15, 0.2) is 0 Å². The number of carboxylic acid groups (broad SMARTS) is 1. The minimum absolute atomic E-state index is 0.499. The Morgan fingerprint density at radius 3 is 2.65 bits per heavy atom. The number of hydrogen-bond acceptors (Lipinski definition) is 2. The lowest BCUT2D eigenvalue weighted by Gasteiger charge is -2.33. The number of nitrogens with one attached hydrogen (secondary N) is 2. The van der Waals surface area contributed by atoms with Crippen molar-refractivity contribution in [3.8, 4) is 0 Å². The van der Waals surface area contributed by atoms with Gasteiger partial charge in [0.25, 0.3) is 0 Å². The van der Waals surface area contributed by atoms with Gasteiger partial charge in [0.2, 0.25) is 0 Å². The molecule has 3 N–H and O–H groups in total. The molecule has 1 atom stereocenters. The summed E-state index contributed by atoms with van der Waals surface area (Å²) >= 11 is 0. The summed E-state index contributed by atoms with van der Waals surface area (Å²) in [5.74, 6) is 0. The summed E-state index contributed by atoms with van der Waals surface area (Å²) in [6, 6.07) is 9.88. The van der Waals surface area contributed by atoms with E-state index in [1.54, 1.807) is 6.33 Å². The fourth-order valence-corrected chi connectivity index (χ4v) is 3.05. The Morgan fingerprint density at radius 1 is 1.26 bits per heavy atom. The number of H-pyrrole nitrogens is 1. The van der Waals surface area contributed by atoms with Gasteiger partial charge in [0.1, 0.15) is 0 Å². The first kappa shape index (κ1) is 17.1. The summed E-state index contributed by atoms with van der Waals surface area (Å²) in [5, 5.41) is 12.0. The average molecular weight is 315 g/mol. The van der Waals surface area contributed by atoms with Crippen molar-refractivity contribution in [2.75, 3.05) is 0 Å². The van der Waals surface area contributed by atoms with Crippen molar-refractivity contribution in [2.24, 2.45) is 0 Å². The number of aromatic nitrogens is 2. The summed E-state index contributed by atoms with van der Waals surface area (Å²) in [7, 11) is 0. The van der Waals surface area contributed by atoms with Gasteiger partial charge in [-0.1, -0.05) is 50.1 Å². The Bertz CT molecular complexity index is 584. The predicted octanol–water partition coefficient (Wildman–Crippen LogP) is 4.09. The second-order valence-electron chi connectivity index (χ2n) is 5.87. The number of carbonyl (C=O) groups is 1. The molecular weight excluding hydrogens is 290 g/mol. The largest absolute Gasteiger partial charge is 0.465 e. The fraction of sp³-hybridized carbons (Fsp3) is 0.444. The van der Waals surface area contributed by atoms with Crippen molar-refractivity contribution in [3.05, 3.63) is 54.1 Å². The van der Waals surface area contributed by atoms with Crippen LogP contribution in [0.4, 0.5) is 4.79 Å². The Hall–Kier alpha value is -2.30. The number of aryl methyl sites for hydroxylation is 1. The maximum Gasteiger partial charge on any atom is 0.405 e. The van der Waals surface area contributed by atoms with Crippen LogP contribution in [0.15, 0.2) is 42.9 Å². The van der Waals surface area contributed by atoms with E-state index >= 15 is 0 Å². The predicted molar refractivity (Wildman–Crippen MR) is 90.3 cm³/mol. The highest BCUT2D eigenvalue weighted by atomic mass is 16.4. The molecule has 0 saturated heterocycles. The zero-order valence-corrected chi connectivity index (χ0v) is 13.6. The number of nitrogens with zero attached hydrogens (tertiary/aromatic N) is 1. The van der Waals surface area contributed by atoms with E-state index in [-0.39, 0.29) is 0 Å². The molecule has 2 aromatic rings. The molecule has 5 heteroatoms. The average Bonchev–Trinajstić information content (AvgIpc) is 3.07. The van der Waals surface area contributed by atoms with Crippen LogP contribution in [0, 0.1) is 0 Å². The molecule has 1 aromatic carbocycles. The molecule has 1 aromatic heterocycles. The standard InChI is InChI=1S/C18H25N3O2/c1-2-18(21-17(22)23,15-9-5-3-6-10-15)12-8-4-7-11-16-13-19-14-20-16/h3,5-6,9-10,13-14,21H,2,4,7-8,11-12H2,1H3,(H,19,20)(H,22,23). The van der Waals surface area contributed by atoms with Gasteiger partial charge in [-0.25, -0.2) is 9.78 Å². The van der Waals surface area contributed by atoms with Crippen molar-refractivity contribution in [1.29, 1.82) is 0 Å².